The highest BCUT2D eigenvalue weighted by Gasteiger charge is 2.21. The van der Waals surface area contributed by atoms with Crippen molar-refractivity contribution in [3.8, 4) is 11.5 Å². The second-order valence-electron chi connectivity index (χ2n) is 7.80. The van der Waals surface area contributed by atoms with Gasteiger partial charge in [-0.3, -0.25) is 4.79 Å². The number of anilines is 1. The normalized spacial score (nSPS) is 13.8. The average Bonchev–Trinajstić information content (AvgIpc) is 2.84. The van der Waals surface area contributed by atoms with Crippen molar-refractivity contribution >= 4 is 41.5 Å². The van der Waals surface area contributed by atoms with Gasteiger partial charge in [-0.05, 0) is 42.0 Å². The number of ether oxygens (including phenoxy) is 2. The number of likely N-dealkylation sites (N-methyl/N-ethyl adjacent to an activating group) is 1. The highest BCUT2D eigenvalue weighted by atomic mass is 127. The summed E-state index contributed by atoms with van der Waals surface area (Å²) < 4.78 is 10.5. The maximum atomic E-state index is 12.1. The predicted octanol–water partition coefficient (Wildman–Crippen LogP) is 2.68. The molecule has 8 nitrogen and oxygen atoms in total. The molecular weight excluding hydrogens is 533 g/mol. The molecule has 1 amide bonds. The maximum absolute atomic E-state index is 12.1. The van der Waals surface area contributed by atoms with Crippen LogP contribution in [0.25, 0.3) is 0 Å². The molecule has 1 heterocycles. The lowest BCUT2D eigenvalue weighted by atomic mass is 10.2. The lowest BCUT2D eigenvalue weighted by Gasteiger charge is -2.37. The molecule has 2 aromatic rings. The molecular formula is C24H34IN5O3. The molecule has 0 bridgehead atoms. The first-order chi connectivity index (χ1) is 15.5. The molecule has 0 aliphatic carbocycles. The number of aliphatic imine (C=N–C) groups is 1. The van der Waals surface area contributed by atoms with Crippen LogP contribution in [-0.2, 0) is 11.3 Å². The third kappa shape index (κ3) is 7.69. The van der Waals surface area contributed by atoms with Gasteiger partial charge >= 0.3 is 0 Å². The number of piperazine rings is 1. The first-order valence-corrected chi connectivity index (χ1v) is 10.8. The molecule has 0 spiro atoms. The van der Waals surface area contributed by atoms with Crippen LogP contribution in [0.1, 0.15) is 5.56 Å². The molecule has 1 N–H and O–H groups in total. The first-order valence-electron chi connectivity index (χ1n) is 10.8. The summed E-state index contributed by atoms with van der Waals surface area (Å²) >= 11 is 0. The fraction of sp³-hybridized carbons (Fsp3) is 0.417. The number of benzene rings is 2. The SMILES string of the molecule is COc1ccc(CN=C(NCC(=O)N(C)C)N2CCN(c3ccc(OC)cc3)CC2)cc1.I. The van der Waals surface area contributed by atoms with Crippen LogP contribution < -0.4 is 19.7 Å². The summed E-state index contributed by atoms with van der Waals surface area (Å²) in [4.78, 5) is 23.1. The number of guanidine groups is 1. The Hall–Kier alpha value is -2.69. The molecule has 1 aliphatic rings. The smallest absolute Gasteiger partial charge is 0.241 e. The molecule has 180 valence electrons. The summed E-state index contributed by atoms with van der Waals surface area (Å²) in [5.41, 5.74) is 2.26. The summed E-state index contributed by atoms with van der Waals surface area (Å²) in [6, 6.07) is 16.0. The number of nitrogens with one attached hydrogen (secondary N) is 1. The van der Waals surface area contributed by atoms with Crippen LogP contribution in [0.4, 0.5) is 5.69 Å². The monoisotopic (exact) mass is 567 g/mol. The largest absolute Gasteiger partial charge is 0.497 e. The van der Waals surface area contributed by atoms with E-state index in [0.717, 1.165) is 49.2 Å². The van der Waals surface area contributed by atoms with Crippen molar-refractivity contribution in [1.82, 2.24) is 15.1 Å². The third-order valence-corrected chi connectivity index (χ3v) is 5.48. The Kier molecular flexibility index (Phi) is 10.6. The molecule has 0 aromatic heterocycles. The molecule has 3 rings (SSSR count). The quantitative estimate of drug-likeness (QED) is 0.316. The van der Waals surface area contributed by atoms with Crippen molar-refractivity contribution in [2.45, 2.75) is 6.54 Å². The second-order valence-corrected chi connectivity index (χ2v) is 7.80. The van der Waals surface area contributed by atoms with Crippen molar-refractivity contribution in [2.75, 3.05) is 65.9 Å². The second kappa shape index (κ2) is 13.1. The van der Waals surface area contributed by atoms with Gasteiger partial charge in [-0.1, -0.05) is 12.1 Å². The number of amides is 1. The molecule has 2 aromatic carbocycles. The van der Waals surface area contributed by atoms with E-state index in [2.05, 4.69) is 27.2 Å². The van der Waals surface area contributed by atoms with Gasteiger partial charge < -0.3 is 29.5 Å². The van der Waals surface area contributed by atoms with E-state index in [-0.39, 0.29) is 36.4 Å². The summed E-state index contributed by atoms with van der Waals surface area (Å²) in [5.74, 6) is 2.45. The van der Waals surface area contributed by atoms with Gasteiger partial charge in [0.05, 0.1) is 27.3 Å². The molecule has 9 heteroatoms. The van der Waals surface area contributed by atoms with Crippen LogP contribution in [0.15, 0.2) is 53.5 Å². The molecule has 1 aliphatic heterocycles. The van der Waals surface area contributed by atoms with Gasteiger partial charge in [0.1, 0.15) is 11.5 Å². The number of hydrogen-bond acceptors (Lipinski definition) is 5. The van der Waals surface area contributed by atoms with Crippen molar-refractivity contribution in [3.63, 3.8) is 0 Å². The van der Waals surface area contributed by atoms with Crippen molar-refractivity contribution in [3.05, 3.63) is 54.1 Å². The van der Waals surface area contributed by atoms with Crippen LogP contribution >= 0.6 is 24.0 Å². The predicted molar refractivity (Wildman–Crippen MR) is 143 cm³/mol. The number of carbonyl (C=O) groups excluding carboxylic acids is 1. The van der Waals surface area contributed by atoms with Gasteiger partial charge in [0, 0.05) is 46.0 Å². The molecule has 1 saturated heterocycles. The lowest BCUT2D eigenvalue weighted by molar-refractivity contribution is -0.127. The molecule has 0 atom stereocenters. The highest BCUT2D eigenvalue weighted by molar-refractivity contribution is 14.0. The van der Waals surface area contributed by atoms with Gasteiger partial charge in [-0.25, -0.2) is 4.99 Å². The summed E-state index contributed by atoms with van der Waals surface area (Å²) in [5, 5.41) is 3.26. The number of halogens is 1. The van der Waals surface area contributed by atoms with Gasteiger partial charge in [0.2, 0.25) is 5.91 Å². The van der Waals surface area contributed by atoms with E-state index < -0.39 is 0 Å². The Balaban J connectivity index is 0.00000385. The number of nitrogens with zero attached hydrogens (tertiary/aromatic N) is 4. The van der Waals surface area contributed by atoms with Crippen LogP contribution in [0.5, 0.6) is 11.5 Å². The minimum atomic E-state index is 0. The fourth-order valence-corrected chi connectivity index (χ4v) is 3.45. The van der Waals surface area contributed by atoms with Gasteiger partial charge in [0.25, 0.3) is 0 Å². The molecule has 0 unspecified atom stereocenters. The zero-order chi connectivity index (χ0) is 22.9. The number of hydrogen-bond donors (Lipinski definition) is 1. The zero-order valence-corrected chi connectivity index (χ0v) is 22.1. The molecule has 1 fully saturated rings. The highest BCUT2D eigenvalue weighted by Crippen LogP contribution is 2.20. The number of rotatable bonds is 7. The maximum Gasteiger partial charge on any atom is 0.241 e. The minimum absolute atomic E-state index is 0. The van der Waals surface area contributed by atoms with E-state index in [0.29, 0.717) is 6.54 Å². The van der Waals surface area contributed by atoms with Crippen LogP contribution in [0, 0.1) is 0 Å². The Labute approximate surface area is 213 Å². The first kappa shape index (κ1) is 26.6. The van der Waals surface area contributed by atoms with E-state index in [1.54, 1.807) is 33.2 Å². The minimum Gasteiger partial charge on any atom is -0.497 e. The molecule has 0 saturated carbocycles. The van der Waals surface area contributed by atoms with Crippen LogP contribution in [0.2, 0.25) is 0 Å². The number of carbonyl (C=O) groups is 1. The Morgan fingerprint density at radius 1 is 0.939 bits per heavy atom. The van der Waals surface area contributed by atoms with E-state index in [4.69, 9.17) is 14.5 Å². The zero-order valence-electron chi connectivity index (χ0n) is 19.8. The van der Waals surface area contributed by atoms with Gasteiger partial charge in [-0.15, -0.1) is 24.0 Å². The molecule has 0 radical (unpaired) electrons. The third-order valence-electron chi connectivity index (χ3n) is 5.48. The van der Waals surface area contributed by atoms with E-state index in [1.807, 2.05) is 36.4 Å². The standard InChI is InChI=1S/C24H33N5O3.HI/c1-27(2)23(30)18-26-24(25-17-19-5-9-21(31-3)10-6-19)29-15-13-28(14-16-29)20-7-11-22(32-4)12-8-20;/h5-12H,13-18H2,1-4H3,(H,25,26);1H. The van der Waals surface area contributed by atoms with Crippen LogP contribution in [-0.4, -0.2) is 82.7 Å². The fourth-order valence-electron chi connectivity index (χ4n) is 3.45. The van der Waals surface area contributed by atoms with Crippen molar-refractivity contribution < 1.29 is 14.3 Å². The van der Waals surface area contributed by atoms with Crippen LogP contribution in [0.3, 0.4) is 0 Å². The van der Waals surface area contributed by atoms with Crippen molar-refractivity contribution in [2.24, 2.45) is 4.99 Å². The Morgan fingerprint density at radius 2 is 1.48 bits per heavy atom. The van der Waals surface area contributed by atoms with E-state index in [9.17, 15) is 4.79 Å². The summed E-state index contributed by atoms with van der Waals surface area (Å²) in [6.07, 6.45) is 0. The summed E-state index contributed by atoms with van der Waals surface area (Å²) in [6.45, 7) is 4.12. The summed E-state index contributed by atoms with van der Waals surface area (Å²) in [7, 11) is 6.84. The van der Waals surface area contributed by atoms with E-state index >= 15 is 0 Å². The van der Waals surface area contributed by atoms with Gasteiger partial charge in [-0.2, -0.15) is 0 Å². The van der Waals surface area contributed by atoms with Gasteiger partial charge in [0.15, 0.2) is 5.96 Å². The average molecular weight is 567 g/mol. The van der Waals surface area contributed by atoms with E-state index in [1.165, 1.54) is 5.69 Å². The Morgan fingerprint density at radius 3 is 2.00 bits per heavy atom. The Bertz CT molecular complexity index is 895. The number of methoxy groups -OCH3 is 2. The molecule has 33 heavy (non-hydrogen) atoms. The topological polar surface area (TPSA) is 69.6 Å². The lowest BCUT2D eigenvalue weighted by Crippen LogP contribution is -2.53. The van der Waals surface area contributed by atoms with Crippen molar-refractivity contribution in [1.29, 1.82) is 0 Å².